The average Bonchev–Trinajstić information content (AvgIpc) is 3.06. The van der Waals surface area contributed by atoms with Gasteiger partial charge in [-0.1, -0.05) is 0 Å². The Morgan fingerprint density at radius 3 is 2.21 bits per heavy atom. The molecule has 0 saturated carbocycles. The minimum atomic E-state index is -1.55. The molecule has 2 fully saturated rings. The summed E-state index contributed by atoms with van der Waals surface area (Å²) in [4.78, 5) is 4.90. The molecule has 0 amide bonds. The highest BCUT2D eigenvalue weighted by molar-refractivity contribution is 5.19. The van der Waals surface area contributed by atoms with Crippen LogP contribution in [0.4, 0.5) is 0 Å². The van der Waals surface area contributed by atoms with Gasteiger partial charge < -0.3 is 57.6 Å². The van der Waals surface area contributed by atoms with Crippen LogP contribution in [0.2, 0.25) is 0 Å². The maximum absolute atomic E-state index is 10.4. The van der Waals surface area contributed by atoms with E-state index in [9.17, 15) is 25.6 Å². The van der Waals surface area contributed by atoms with Gasteiger partial charge >= 0.3 is 0 Å². The van der Waals surface area contributed by atoms with Crippen molar-refractivity contribution in [3.8, 4) is 0 Å². The summed E-state index contributed by atoms with van der Waals surface area (Å²) in [5.74, 6) is 0. The first kappa shape index (κ1) is 21.7. The number of aliphatic hydroxyl groups excluding tert-OH is 4. The zero-order chi connectivity index (χ0) is 20.7. The Bertz CT molecular complexity index is 585. The maximum atomic E-state index is 10.4. The van der Waals surface area contributed by atoms with Gasteiger partial charge in [-0.05, 0) is 11.3 Å². The molecule has 0 aromatic heterocycles. The van der Waals surface area contributed by atoms with E-state index in [4.69, 9.17) is 42.0 Å². The molecule has 14 heteroatoms. The Hall–Kier alpha value is -0.980. The van der Waals surface area contributed by atoms with Gasteiger partial charge in [0.25, 0.3) is 0 Å². The van der Waals surface area contributed by atoms with Crippen molar-refractivity contribution in [2.75, 3.05) is 6.54 Å². The normalized spacial score (nSPS) is 50.1. The molecule has 11 unspecified atom stereocenters. The fourth-order valence-electron chi connectivity index (χ4n) is 3.30. The second-order valence-electron chi connectivity index (χ2n) is 6.92. The van der Waals surface area contributed by atoms with Gasteiger partial charge in [-0.2, -0.15) is 0 Å². The summed E-state index contributed by atoms with van der Waals surface area (Å²) in [6.45, 7) is -0.0677. The first-order chi connectivity index (χ1) is 13.1. The third-order valence-electron chi connectivity index (χ3n) is 4.97. The minimum Gasteiger partial charge on any atom is -0.400 e. The van der Waals surface area contributed by atoms with Crippen molar-refractivity contribution in [2.45, 2.75) is 67.5 Å². The summed E-state index contributed by atoms with van der Waals surface area (Å²) in [6.07, 6.45) is -10.3. The average molecular weight is 409 g/mol. The SMILES string of the molecule is NCC1OC(OC2C(O)C(N)=CC(N)C2OC2ON(O)C(O)C2N)C(O)C1O. The molecule has 0 radical (unpaired) electrons. The third kappa shape index (κ3) is 3.88. The van der Waals surface area contributed by atoms with E-state index in [0.717, 1.165) is 0 Å². The first-order valence-corrected chi connectivity index (χ1v) is 8.67. The predicted octanol–water partition coefficient (Wildman–Crippen LogP) is -5.69. The van der Waals surface area contributed by atoms with Crippen molar-refractivity contribution in [3.05, 3.63) is 11.8 Å². The molecule has 2 heterocycles. The van der Waals surface area contributed by atoms with Crippen LogP contribution >= 0.6 is 0 Å². The zero-order valence-corrected chi connectivity index (χ0v) is 14.8. The van der Waals surface area contributed by atoms with Crippen LogP contribution in [0.15, 0.2) is 11.8 Å². The molecule has 28 heavy (non-hydrogen) atoms. The van der Waals surface area contributed by atoms with E-state index in [2.05, 4.69) is 0 Å². The fraction of sp³-hybridized carbons (Fsp3) is 0.857. The number of hydrogen-bond acceptors (Lipinski definition) is 14. The fourth-order valence-corrected chi connectivity index (χ4v) is 3.30. The van der Waals surface area contributed by atoms with Gasteiger partial charge in [0.1, 0.15) is 42.7 Å². The molecule has 0 bridgehead atoms. The van der Waals surface area contributed by atoms with Crippen LogP contribution in [0.5, 0.6) is 0 Å². The zero-order valence-electron chi connectivity index (χ0n) is 14.8. The maximum Gasteiger partial charge on any atom is 0.199 e. The monoisotopic (exact) mass is 409 g/mol. The van der Waals surface area contributed by atoms with Crippen LogP contribution in [-0.4, -0.2) is 105 Å². The van der Waals surface area contributed by atoms with E-state index in [0.29, 0.717) is 0 Å². The third-order valence-corrected chi connectivity index (χ3v) is 4.97. The highest BCUT2D eigenvalue weighted by Gasteiger charge is 2.50. The van der Waals surface area contributed by atoms with Crippen molar-refractivity contribution >= 4 is 0 Å². The highest BCUT2D eigenvalue weighted by atomic mass is 16.9. The largest absolute Gasteiger partial charge is 0.400 e. The summed E-state index contributed by atoms with van der Waals surface area (Å²) in [5.41, 5.74) is 23.0. The number of hydroxylamine groups is 2. The minimum absolute atomic E-state index is 0.00113. The van der Waals surface area contributed by atoms with Crippen molar-refractivity contribution in [3.63, 3.8) is 0 Å². The molecule has 2 aliphatic heterocycles. The quantitative estimate of drug-likeness (QED) is 0.205. The van der Waals surface area contributed by atoms with Gasteiger partial charge in [-0.15, -0.1) is 0 Å². The van der Waals surface area contributed by atoms with E-state index >= 15 is 0 Å². The van der Waals surface area contributed by atoms with Crippen molar-refractivity contribution in [1.29, 1.82) is 0 Å². The second kappa shape index (κ2) is 8.41. The lowest BCUT2D eigenvalue weighted by Crippen LogP contribution is -2.59. The van der Waals surface area contributed by atoms with Crippen molar-refractivity contribution in [1.82, 2.24) is 5.23 Å². The van der Waals surface area contributed by atoms with Gasteiger partial charge in [-0.3, -0.25) is 5.21 Å². The number of nitrogens with zero attached hydrogens (tertiary/aromatic N) is 1. The molecule has 13 N–H and O–H groups in total. The van der Waals surface area contributed by atoms with Crippen LogP contribution in [-0.2, 0) is 19.0 Å². The van der Waals surface area contributed by atoms with Gasteiger partial charge in [0.15, 0.2) is 18.8 Å². The second-order valence-corrected chi connectivity index (χ2v) is 6.92. The number of hydrogen-bond donors (Lipinski definition) is 9. The Morgan fingerprint density at radius 2 is 1.68 bits per heavy atom. The van der Waals surface area contributed by atoms with Crippen molar-refractivity contribution < 1.29 is 44.7 Å². The summed E-state index contributed by atoms with van der Waals surface area (Å²) in [6, 6.07) is -2.06. The summed E-state index contributed by atoms with van der Waals surface area (Å²) >= 11 is 0. The van der Waals surface area contributed by atoms with Crippen molar-refractivity contribution in [2.24, 2.45) is 22.9 Å². The van der Waals surface area contributed by atoms with E-state index in [1.807, 2.05) is 0 Å². The number of ether oxygens (including phenoxy) is 3. The van der Waals surface area contributed by atoms with Crippen LogP contribution in [0.3, 0.4) is 0 Å². The van der Waals surface area contributed by atoms with E-state index in [1.54, 1.807) is 0 Å². The molecule has 14 nitrogen and oxygen atoms in total. The van der Waals surface area contributed by atoms with E-state index in [-0.39, 0.29) is 17.5 Å². The van der Waals surface area contributed by atoms with Crippen LogP contribution in [0.1, 0.15) is 0 Å². The van der Waals surface area contributed by atoms with Gasteiger partial charge in [0, 0.05) is 12.2 Å². The topological polar surface area (TPSA) is 245 Å². The molecule has 3 rings (SSSR count). The van der Waals surface area contributed by atoms with Crippen LogP contribution < -0.4 is 22.9 Å². The van der Waals surface area contributed by atoms with E-state index < -0.39 is 67.5 Å². The lowest BCUT2D eigenvalue weighted by molar-refractivity contribution is -0.397. The van der Waals surface area contributed by atoms with Gasteiger partial charge in [-0.25, -0.2) is 4.84 Å². The molecule has 0 aromatic rings. The number of rotatable bonds is 5. The predicted molar refractivity (Wildman–Crippen MR) is 88.2 cm³/mol. The van der Waals surface area contributed by atoms with Crippen LogP contribution in [0, 0.1) is 0 Å². The number of nitrogens with two attached hydrogens (primary N) is 4. The molecule has 11 atom stereocenters. The molecular weight excluding hydrogens is 382 g/mol. The standard InChI is InChI=1S/C14H27N5O9/c15-2-5-8(21)9(22)14(25-5)27-11-7(20)3(16)1-4(17)10(11)26-13-6(18)12(23)19(24)28-13/h1,4-14,20-24H,2,15-18H2. The highest BCUT2D eigenvalue weighted by Crippen LogP contribution is 2.30. The van der Waals surface area contributed by atoms with Gasteiger partial charge in [0.2, 0.25) is 0 Å². The van der Waals surface area contributed by atoms with Crippen LogP contribution in [0.25, 0.3) is 0 Å². The molecule has 162 valence electrons. The molecule has 3 aliphatic rings. The van der Waals surface area contributed by atoms with Gasteiger partial charge in [0.05, 0.1) is 6.04 Å². The lowest BCUT2D eigenvalue weighted by Gasteiger charge is -2.40. The number of aliphatic hydroxyl groups is 4. The lowest BCUT2D eigenvalue weighted by atomic mass is 9.91. The summed E-state index contributed by atoms with van der Waals surface area (Å²) < 4.78 is 16.6. The Kier molecular flexibility index (Phi) is 6.52. The molecular formula is C14H27N5O9. The molecule has 0 aromatic carbocycles. The Morgan fingerprint density at radius 1 is 1.04 bits per heavy atom. The molecule has 2 saturated heterocycles. The molecule has 0 spiro atoms. The molecule has 1 aliphatic carbocycles. The summed E-state index contributed by atoms with van der Waals surface area (Å²) in [5, 5.41) is 49.7. The summed E-state index contributed by atoms with van der Waals surface area (Å²) in [7, 11) is 0. The first-order valence-electron chi connectivity index (χ1n) is 8.67. The Balaban J connectivity index is 1.77. The van der Waals surface area contributed by atoms with E-state index in [1.165, 1.54) is 6.08 Å². The Labute approximate surface area is 159 Å². The smallest absolute Gasteiger partial charge is 0.199 e.